The summed E-state index contributed by atoms with van der Waals surface area (Å²) in [7, 11) is 0. The maximum atomic E-state index is 3.30. The van der Waals surface area contributed by atoms with E-state index in [1.54, 1.807) is 24.2 Å². The van der Waals surface area contributed by atoms with Crippen LogP contribution in [0.5, 0.6) is 0 Å². The van der Waals surface area contributed by atoms with Crippen LogP contribution >= 0.6 is 0 Å². The molecule has 4 rings (SSSR count). The quantitative estimate of drug-likeness (QED) is 0.306. The first-order valence-electron chi connectivity index (χ1n) is 9.93. The van der Waals surface area contributed by atoms with Crippen molar-refractivity contribution in [3.8, 4) is 11.1 Å². The van der Waals surface area contributed by atoms with Crippen LogP contribution in [0.25, 0.3) is 11.1 Å². The minimum atomic E-state index is 0. The number of benzene rings is 2. The Morgan fingerprint density at radius 2 is 1.53 bits per heavy atom. The van der Waals surface area contributed by atoms with Gasteiger partial charge in [0.25, 0.3) is 0 Å². The van der Waals surface area contributed by atoms with Crippen LogP contribution in [0, 0.1) is 19.9 Å². The molecule has 160 valence electrons. The van der Waals surface area contributed by atoms with Crippen molar-refractivity contribution in [2.75, 3.05) is 0 Å². The second kappa shape index (κ2) is 12.9. The zero-order valence-electron chi connectivity index (χ0n) is 19.2. The van der Waals surface area contributed by atoms with Crippen molar-refractivity contribution < 1.29 is 49.0 Å². The van der Waals surface area contributed by atoms with E-state index in [-0.39, 0.29) is 24.8 Å². The molecule has 3 aromatic rings. The van der Waals surface area contributed by atoms with Crippen molar-refractivity contribution in [1.29, 1.82) is 0 Å². The Labute approximate surface area is 211 Å². The Bertz CT molecular complexity index is 898. The summed E-state index contributed by atoms with van der Waals surface area (Å²) < 4.78 is 1.51. The van der Waals surface area contributed by atoms with E-state index in [1.807, 2.05) is 6.07 Å². The van der Waals surface area contributed by atoms with Gasteiger partial charge in [-0.25, -0.2) is 6.07 Å². The van der Waals surface area contributed by atoms with Gasteiger partial charge in [0.05, 0.1) is 0 Å². The van der Waals surface area contributed by atoms with Crippen molar-refractivity contribution >= 4 is 3.21 Å². The molecular formula is C27H32Cl2Zr-2. The van der Waals surface area contributed by atoms with Gasteiger partial charge in [-0.1, -0.05) is 75.4 Å². The monoisotopic (exact) mass is 516 g/mol. The summed E-state index contributed by atoms with van der Waals surface area (Å²) in [6.07, 6.45) is 1.05. The zero-order chi connectivity index (χ0) is 20.9. The maximum Gasteiger partial charge on any atom is -0.0253 e. The van der Waals surface area contributed by atoms with Gasteiger partial charge < -0.3 is 24.8 Å². The molecule has 0 saturated carbocycles. The van der Waals surface area contributed by atoms with E-state index in [4.69, 9.17) is 0 Å². The second-order valence-corrected chi connectivity index (χ2v) is 11.2. The molecule has 0 unspecified atom stereocenters. The smallest absolute Gasteiger partial charge is 0.0253 e. The van der Waals surface area contributed by atoms with Crippen LogP contribution < -0.4 is 24.8 Å². The third kappa shape index (κ3) is 8.34. The van der Waals surface area contributed by atoms with Gasteiger partial charge in [-0.2, -0.15) is 52.6 Å². The van der Waals surface area contributed by atoms with E-state index in [9.17, 15) is 0 Å². The Morgan fingerprint density at radius 3 is 2.03 bits per heavy atom. The normalized spacial score (nSPS) is 10.7. The Kier molecular flexibility index (Phi) is 12.5. The average molecular weight is 519 g/mol. The largest absolute Gasteiger partial charge is 1.00 e. The summed E-state index contributed by atoms with van der Waals surface area (Å²) in [5, 5.41) is 0. The average Bonchev–Trinajstić information content (AvgIpc) is 3.14. The van der Waals surface area contributed by atoms with E-state index in [1.165, 1.54) is 42.2 Å². The Morgan fingerprint density at radius 1 is 0.967 bits per heavy atom. The summed E-state index contributed by atoms with van der Waals surface area (Å²) in [4.78, 5) is 0. The molecule has 0 bridgehead atoms. The minimum absolute atomic E-state index is 0. The van der Waals surface area contributed by atoms with Gasteiger partial charge in [0.15, 0.2) is 0 Å². The van der Waals surface area contributed by atoms with Crippen molar-refractivity contribution in [3.63, 3.8) is 0 Å². The molecule has 0 spiro atoms. The summed E-state index contributed by atoms with van der Waals surface area (Å²) in [6, 6.07) is 22.6. The van der Waals surface area contributed by atoms with Crippen LogP contribution in [-0.2, 0) is 36.1 Å². The first-order valence-corrected chi connectivity index (χ1v) is 11.2. The van der Waals surface area contributed by atoms with Crippen molar-refractivity contribution in [2.24, 2.45) is 0 Å². The molecule has 0 amide bonds. The summed E-state index contributed by atoms with van der Waals surface area (Å²) >= 11 is 1.55. The van der Waals surface area contributed by atoms with E-state index < -0.39 is 0 Å². The van der Waals surface area contributed by atoms with Gasteiger partial charge in [-0.15, -0.1) is 5.56 Å². The predicted octanol–water partition coefficient (Wildman–Crippen LogP) is 1.13. The zero-order valence-corrected chi connectivity index (χ0v) is 23.1. The summed E-state index contributed by atoms with van der Waals surface area (Å²) in [5.41, 5.74) is 10.1. The van der Waals surface area contributed by atoms with Gasteiger partial charge in [0.1, 0.15) is 0 Å². The molecule has 0 saturated heterocycles. The van der Waals surface area contributed by atoms with E-state index in [0.717, 1.165) is 6.42 Å². The number of fused-ring (bicyclic) bond motifs is 3. The number of rotatable bonds is 0. The van der Waals surface area contributed by atoms with Gasteiger partial charge in [-0.05, 0) is 6.42 Å². The molecule has 1 aliphatic rings. The summed E-state index contributed by atoms with van der Waals surface area (Å²) in [5.74, 6) is 0. The fourth-order valence-electron chi connectivity index (χ4n) is 3.61. The van der Waals surface area contributed by atoms with Crippen LogP contribution in [-0.4, -0.2) is 3.21 Å². The van der Waals surface area contributed by atoms with Crippen LogP contribution in [0.15, 0.2) is 54.6 Å². The van der Waals surface area contributed by atoms with Crippen molar-refractivity contribution in [3.05, 3.63) is 88.5 Å². The van der Waals surface area contributed by atoms with Crippen LogP contribution in [0.1, 0.15) is 62.4 Å². The first-order chi connectivity index (χ1) is 13.1. The van der Waals surface area contributed by atoms with Crippen LogP contribution in [0.2, 0.25) is 0 Å². The first kappa shape index (κ1) is 29.1. The topological polar surface area (TPSA) is 0 Å². The number of hydrogen-bond donors (Lipinski definition) is 0. The molecule has 0 aliphatic heterocycles. The fourth-order valence-corrected chi connectivity index (χ4v) is 3.61. The van der Waals surface area contributed by atoms with Gasteiger partial charge in [-0.3, -0.25) is 0 Å². The third-order valence-electron chi connectivity index (χ3n) is 4.67. The molecule has 0 aromatic heterocycles. The van der Waals surface area contributed by atoms with Gasteiger partial charge in [0, 0.05) is 0 Å². The number of aryl methyl sites for hydroxylation is 2. The molecule has 30 heavy (non-hydrogen) atoms. The van der Waals surface area contributed by atoms with E-state index in [2.05, 4.69) is 103 Å². The van der Waals surface area contributed by atoms with Crippen LogP contribution in [0.3, 0.4) is 0 Å². The van der Waals surface area contributed by atoms with Gasteiger partial charge >= 0.3 is 41.3 Å². The SMILES string of the molecule is C[C](C)=[Zr+2].Cc1cc(C(C)(C)C)c(C)[cH-]1.[Cl-].[Cl-].[c-]1cccc2c1Cc1ccccc1-2. The van der Waals surface area contributed by atoms with Gasteiger partial charge in [0.2, 0.25) is 0 Å². The predicted molar refractivity (Wildman–Crippen MR) is 120 cm³/mol. The number of hydrogen-bond acceptors (Lipinski definition) is 0. The molecule has 0 atom stereocenters. The second-order valence-electron chi connectivity index (χ2n) is 8.78. The van der Waals surface area contributed by atoms with Crippen molar-refractivity contribution in [2.45, 2.75) is 60.3 Å². The molecule has 0 nitrogen and oxygen atoms in total. The van der Waals surface area contributed by atoms with Crippen LogP contribution in [0.4, 0.5) is 0 Å². The molecule has 0 radical (unpaired) electrons. The number of halogens is 2. The third-order valence-corrected chi connectivity index (χ3v) is 4.67. The molecule has 0 fully saturated rings. The standard InChI is InChI=1S/C13H9.C11H17.C3H6.2ClH.Zr/c1-3-7-12-10(5-1)9-11-6-2-4-8-13(11)12;1-8-6-9(2)10(7-8)11(3,4)5;1-3-2;;;/h1-5,7-8H,9H2;6-7H,1-5H3;1-2H3;2*1H;/q2*-1;;;;+2/p-2. The Balaban J connectivity index is 0.000000457. The molecule has 3 heteroatoms. The Hall–Kier alpha value is -0.877. The fraction of sp³-hybridized carbons (Fsp3) is 0.333. The minimum Gasteiger partial charge on any atom is -1.00 e. The maximum absolute atomic E-state index is 3.30. The van der Waals surface area contributed by atoms with E-state index in [0.29, 0.717) is 5.41 Å². The molecule has 3 aromatic carbocycles. The molecule has 1 aliphatic carbocycles. The van der Waals surface area contributed by atoms with E-state index >= 15 is 0 Å². The molecular weight excluding hydrogens is 486 g/mol. The summed E-state index contributed by atoms with van der Waals surface area (Å²) in [6.45, 7) is 15.4. The van der Waals surface area contributed by atoms with Crippen molar-refractivity contribution in [1.82, 2.24) is 0 Å². The molecule has 0 N–H and O–H groups in total. The molecule has 0 heterocycles.